The van der Waals surface area contributed by atoms with E-state index < -0.39 is 12.1 Å². The van der Waals surface area contributed by atoms with Crippen LogP contribution in [-0.4, -0.2) is 36.4 Å². The number of benzene rings is 1. The monoisotopic (exact) mass is 330 g/mol. The molecule has 7 heteroatoms. The molecule has 7 nitrogen and oxygen atoms in total. The fourth-order valence-electron chi connectivity index (χ4n) is 2.52. The van der Waals surface area contributed by atoms with Gasteiger partial charge in [-0.25, -0.2) is 4.79 Å². The molecule has 24 heavy (non-hydrogen) atoms. The molecule has 0 spiro atoms. The van der Waals surface area contributed by atoms with Gasteiger partial charge in [0.25, 0.3) is 11.7 Å². The lowest BCUT2D eigenvalue weighted by Crippen LogP contribution is -2.27. The highest BCUT2D eigenvalue weighted by Crippen LogP contribution is 2.31. The van der Waals surface area contributed by atoms with Crippen LogP contribution in [0.1, 0.15) is 30.3 Å². The van der Waals surface area contributed by atoms with Crippen molar-refractivity contribution in [3.05, 3.63) is 36.1 Å². The first kappa shape index (κ1) is 16.2. The maximum absolute atomic E-state index is 12.4. The number of rotatable bonds is 5. The van der Waals surface area contributed by atoms with Gasteiger partial charge in [0.05, 0.1) is 6.61 Å². The van der Waals surface area contributed by atoms with Crippen molar-refractivity contribution >= 4 is 17.6 Å². The SMILES string of the molecule is CCOC(=O)c1onc(-c2ccccc2)c1NC(=O)C1CCCO1. The minimum Gasteiger partial charge on any atom is -0.460 e. The van der Waals surface area contributed by atoms with Crippen LogP contribution in [0.4, 0.5) is 5.69 Å². The van der Waals surface area contributed by atoms with Crippen LogP contribution in [0.25, 0.3) is 11.3 Å². The summed E-state index contributed by atoms with van der Waals surface area (Å²) < 4.78 is 15.5. The van der Waals surface area contributed by atoms with Crippen molar-refractivity contribution in [2.75, 3.05) is 18.5 Å². The molecule has 1 unspecified atom stereocenters. The predicted molar refractivity (Wildman–Crippen MR) is 85.5 cm³/mol. The third-order valence-electron chi connectivity index (χ3n) is 3.67. The molecule has 1 aromatic carbocycles. The third-order valence-corrected chi connectivity index (χ3v) is 3.67. The van der Waals surface area contributed by atoms with Gasteiger partial charge in [-0.2, -0.15) is 0 Å². The lowest BCUT2D eigenvalue weighted by Gasteiger charge is -2.11. The molecule has 1 aliphatic rings. The van der Waals surface area contributed by atoms with E-state index in [2.05, 4.69) is 10.5 Å². The summed E-state index contributed by atoms with van der Waals surface area (Å²) in [5, 5.41) is 6.66. The Kier molecular flexibility index (Phi) is 4.90. The Bertz CT molecular complexity index is 720. The van der Waals surface area contributed by atoms with Gasteiger partial charge in [-0.3, -0.25) is 4.79 Å². The van der Waals surface area contributed by atoms with Crippen LogP contribution in [-0.2, 0) is 14.3 Å². The summed E-state index contributed by atoms with van der Waals surface area (Å²) in [7, 11) is 0. The molecule has 2 heterocycles. The molecule has 1 aliphatic heterocycles. The third kappa shape index (κ3) is 3.30. The number of nitrogens with one attached hydrogen (secondary N) is 1. The first-order valence-corrected chi connectivity index (χ1v) is 7.85. The average Bonchev–Trinajstić information content (AvgIpc) is 3.26. The van der Waals surface area contributed by atoms with Gasteiger partial charge < -0.3 is 19.3 Å². The highest BCUT2D eigenvalue weighted by molar-refractivity contribution is 6.04. The molecule has 1 saturated heterocycles. The maximum atomic E-state index is 12.4. The van der Waals surface area contributed by atoms with Crippen LogP contribution in [0.2, 0.25) is 0 Å². The maximum Gasteiger partial charge on any atom is 0.379 e. The fraction of sp³-hybridized carbons (Fsp3) is 0.353. The average molecular weight is 330 g/mol. The number of amides is 1. The van der Waals surface area contributed by atoms with Crippen LogP contribution >= 0.6 is 0 Å². The normalized spacial score (nSPS) is 16.8. The number of carbonyl (C=O) groups excluding carboxylic acids is 2. The Balaban J connectivity index is 1.94. The van der Waals surface area contributed by atoms with E-state index in [-0.39, 0.29) is 24.0 Å². The topological polar surface area (TPSA) is 90.7 Å². The van der Waals surface area contributed by atoms with E-state index in [0.29, 0.717) is 18.7 Å². The number of carbonyl (C=O) groups is 2. The molecule has 0 aliphatic carbocycles. The van der Waals surface area contributed by atoms with E-state index in [1.54, 1.807) is 6.92 Å². The number of nitrogens with zero attached hydrogens (tertiary/aromatic N) is 1. The zero-order valence-electron chi connectivity index (χ0n) is 13.3. The summed E-state index contributed by atoms with van der Waals surface area (Å²) in [5.41, 5.74) is 1.31. The molecule has 3 rings (SSSR count). The Hall–Kier alpha value is -2.67. The van der Waals surface area contributed by atoms with E-state index in [1.165, 1.54) is 0 Å². The molecule has 0 radical (unpaired) electrons. The molecule has 1 fully saturated rings. The van der Waals surface area contributed by atoms with Gasteiger partial charge in [-0.15, -0.1) is 0 Å². The van der Waals surface area contributed by atoms with Crippen LogP contribution in [0.5, 0.6) is 0 Å². The van der Waals surface area contributed by atoms with E-state index in [9.17, 15) is 9.59 Å². The molecule has 1 atom stereocenters. The molecule has 1 aromatic heterocycles. The second-order valence-corrected chi connectivity index (χ2v) is 5.31. The summed E-state index contributed by atoms with van der Waals surface area (Å²) in [5.74, 6) is -1.12. The minimum absolute atomic E-state index is 0.123. The molecule has 2 aromatic rings. The Morgan fingerprint density at radius 1 is 1.33 bits per heavy atom. The van der Waals surface area contributed by atoms with Crippen LogP contribution in [0.3, 0.4) is 0 Å². The Labute approximate surface area is 138 Å². The van der Waals surface area contributed by atoms with Crippen LogP contribution < -0.4 is 5.32 Å². The second-order valence-electron chi connectivity index (χ2n) is 5.31. The van der Waals surface area contributed by atoms with Crippen molar-refractivity contribution in [1.29, 1.82) is 0 Å². The lowest BCUT2D eigenvalue weighted by atomic mass is 10.1. The molecule has 126 valence electrons. The molecule has 0 saturated carbocycles. The van der Waals surface area contributed by atoms with Crippen LogP contribution in [0.15, 0.2) is 34.9 Å². The zero-order valence-corrected chi connectivity index (χ0v) is 13.3. The van der Waals surface area contributed by atoms with Crippen molar-refractivity contribution in [1.82, 2.24) is 5.16 Å². The van der Waals surface area contributed by atoms with Crippen molar-refractivity contribution in [3.8, 4) is 11.3 Å². The zero-order chi connectivity index (χ0) is 16.9. The second kappa shape index (κ2) is 7.27. The van der Waals surface area contributed by atoms with Crippen molar-refractivity contribution < 1.29 is 23.6 Å². The summed E-state index contributed by atoms with van der Waals surface area (Å²) in [6.07, 6.45) is 0.948. The van der Waals surface area contributed by atoms with Gasteiger partial charge >= 0.3 is 5.97 Å². The number of anilines is 1. The van der Waals surface area contributed by atoms with Crippen molar-refractivity contribution in [3.63, 3.8) is 0 Å². The lowest BCUT2D eigenvalue weighted by molar-refractivity contribution is -0.124. The van der Waals surface area contributed by atoms with E-state index >= 15 is 0 Å². The van der Waals surface area contributed by atoms with E-state index in [4.69, 9.17) is 14.0 Å². The molecular formula is C17H18N2O5. The summed E-state index contributed by atoms with van der Waals surface area (Å²) in [6, 6.07) is 9.16. The van der Waals surface area contributed by atoms with Gasteiger partial charge in [0.1, 0.15) is 17.5 Å². The number of esters is 1. The molecule has 1 amide bonds. The summed E-state index contributed by atoms with van der Waals surface area (Å²) in [6.45, 7) is 2.44. The van der Waals surface area contributed by atoms with Gasteiger partial charge in [0, 0.05) is 12.2 Å². The van der Waals surface area contributed by atoms with E-state index in [1.807, 2.05) is 30.3 Å². The first-order chi connectivity index (χ1) is 11.7. The standard InChI is InChI=1S/C17H18N2O5/c1-2-22-17(21)15-14(18-16(20)12-9-6-10-23-12)13(19-24-15)11-7-4-3-5-8-11/h3-5,7-8,12H,2,6,9-10H2,1H3,(H,18,20). The number of aromatic nitrogens is 1. The predicted octanol–water partition coefficient (Wildman–Crippen LogP) is 2.64. The van der Waals surface area contributed by atoms with Crippen molar-refractivity contribution in [2.45, 2.75) is 25.9 Å². The van der Waals surface area contributed by atoms with Gasteiger partial charge in [0.2, 0.25) is 0 Å². The smallest absolute Gasteiger partial charge is 0.379 e. The molecular weight excluding hydrogens is 312 g/mol. The first-order valence-electron chi connectivity index (χ1n) is 7.85. The fourth-order valence-corrected chi connectivity index (χ4v) is 2.52. The highest BCUT2D eigenvalue weighted by atomic mass is 16.6. The van der Waals surface area contributed by atoms with Gasteiger partial charge in [-0.1, -0.05) is 35.5 Å². The van der Waals surface area contributed by atoms with E-state index in [0.717, 1.165) is 12.0 Å². The minimum atomic E-state index is -0.671. The largest absolute Gasteiger partial charge is 0.460 e. The highest BCUT2D eigenvalue weighted by Gasteiger charge is 2.30. The number of hydrogen-bond acceptors (Lipinski definition) is 6. The number of hydrogen-bond donors (Lipinski definition) is 1. The van der Waals surface area contributed by atoms with Gasteiger partial charge in [0.15, 0.2) is 0 Å². The van der Waals surface area contributed by atoms with Gasteiger partial charge in [-0.05, 0) is 19.8 Å². The quantitative estimate of drug-likeness (QED) is 0.848. The summed E-state index contributed by atoms with van der Waals surface area (Å²) in [4.78, 5) is 24.4. The van der Waals surface area contributed by atoms with Crippen molar-refractivity contribution in [2.24, 2.45) is 0 Å². The Morgan fingerprint density at radius 3 is 2.79 bits per heavy atom. The summed E-state index contributed by atoms with van der Waals surface area (Å²) >= 11 is 0. The Morgan fingerprint density at radius 2 is 2.12 bits per heavy atom. The van der Waals surface area contributed by atoms with Crippen LogP contribution in [0, 0.1) is 0 Å². The number of ether oxygens (including phenoxy) is 2. The molecule has 1 N–H and O–H groups in total. The molecule has 0 bridgehead atoms.